The maximum absolute atomic E-state index is 14.7. The molecule has 0 bridgehead atoms. The number of alkyl carbamates (subject to hydrolysis) is 1. The standard InChI is InChI=1S/C43H50F3N5O10S/c1-41(2,3)61-40(55)48-33-11-9-7-5-6-8-10-27-23-42(27,39(54)50-62(56,57)31-17-18-31)49-36(52)35-22-30(24-51(35)38(33)53)59-37-32-19-16-29(58-4)20-26(32)21-34(47-37)25-12-14-28(15-13-25)60-43(44,45)46/h8,10,12-16,19-21,27,30-31,33,35H,5-7,9,11,17-18,22-24H2,1-4H3,(H,48,55)(H,49,52)(H,50,54)/t27-,30?,33+,35+,42-/m1/s1. The zero-order chi connectivity index (χ0) is 44.6. The van der Waals surface area contributed by atoms with E-state index in [2.05, 4.69) is 20.1 Å². The molecule has 2 saturated carbocycles. The fourth-order valence-corrected chi connectivity index (χ4v) is 9.22. The summed E-state index contributed by atoms with van der Waals surface area (Å²) in [7, 11) is -2.47. The van der Waals surface area contributed by atoms with Crippen molar-refractivity contribution in [1.82, 2.24) is 25.2 Å². The lowest BCUT2D eigenvalue weighted by atomic mass is 10.0. The first-order chi connectivity index (χ1) is 29.2. The van der Waals surface area contributed by atoms with Gasteiger partial charge in [-0.05, 0) is 113 Å². The van der Waals surface area contributed by atoms with Crippen LogP contribution in [-0.4, -0.2) is 96.7 Å². The molecule has 4 amide bonds. The molecule has 3 N–H and O–H groups in total. The van der Waals surface area contributed by atoms with Crippen molar-refractivity contribution in [1.29, 1.82) is 0 Å². The molecule has 3 fully saturated rings. The molecule has 1 unspecified atom stereocenters. The van der Waals surface area contributed by atoms with Crippen LogP contribution >= 0.6 is 0 Å². The Labute approximate surface area is 357 Å². The van der Waals surface area contributed by atoms with Crippen LogP contribution in [0.2, 0.25) is 0 Å². The number of fused-ring (bicyclic) bond motifs is 3. The summed E-state index contributed by atoms with van der Waals surface area (Å²) in [5.74, 6) is -2.50. The largest absolute Gasteiger partial charge is 0.573 e. The number of ether oxygens (including phenoxy) is 4. The number of hydrogen-bond acceptors (Lipinski definition) is 11. The molecule has 1 saturated heterocycles. The lowest BCUT2D eigenvalue weighted by molar-refractivity contribution is -0.274. The van der Waals surface area contributed by atoms with E-state index >= 15 is 0 Å². The number of nitrogens with zero attached hydrogens (tertiary/aromatic N) is 2. The van der Waals surface area contributed by atoms with Crippen LogP contribution in [0.1, 0.15) is 78.6 Å². The molecule has 2 aliphatic carbocycles. The van der Waals surface area contributed by atoms with Crippen molar-refractivity contribution in [2.75, 3.05) is 13.7 Å². The molecule has 19 heteroatoms. The van der Waals surface area contributed by atoms with Gasteiger partial charge in [0.2, 0.25) is 27.7 Å². The maximum atomic E-state index is 14.7. The summed E-state index contributed by atoms with van der Waals surface area (Å²) < 4.78 is 88.3. The van der Waals surface area contributed by atoms with Crippen LogP contribution in [0.4, 0.5) is 18.0 Å². The number of benzene rings is 2. The first kappa shape index (κ1) is 44.5. The molecule has 62 heavy (non-hydrogen) atoms. The van der Waals surface area contributed by atoms with E-state index in [0.717, 1.165) is 18.6 Å². The molecule has 7 rings (SSSR count). The number of methoxy groups -OCH3 is 1. The smallest absolute Gasteiger partial charge is 0.497 e. The van der Waals surface area contributed by atoms with E-state index in [1.807, 2.05) is 12.2 Å². The quantitative estimate of drug-likeness (QED) is 0.212. The first-order valence-electron chi connectivity index (χ1n) is 20.6. The van der Waals surface area contributed by atoms with E-state index in [4.69, 9.17) is 19.2 Å². The summed E-state index contributed by atoms with van der Waals surface area (Å²) >= 11 is 0. The van der Waals surface area contributed by atoms with E-state index in [9.17, 15) is 40.8 Å². The number of halogens is 3. The van der Waals surface area contributed by atoms with E-state index in [1.54, 1.807) is 45.0 Å². The fourth-order valence-electron chi connectivity index (χ4n) is 7.85. The number of amides is 4. The fraction of sp³-hybridized carbons (Fsp3) is 0.512. The molecule has 0 radical (unpaired) electrons. The average Bonchev–Trinajstić information content (AvgIpc) is 4.12. The molecular weight excluding hydrogens is 836 g/mol. The first-order valence-corrected chi connectivity index (χ1v) is 22.1. The number of aromatic nitrogens is 1. The summed E-state index contributed by atoms with van der Waals surface area (Å²) in [5.41, 5.74) is -1.71. The molecule has 3 heterocycles. The Bertz CT molecular complexity index is 2350. The number of alkyl halides is 3. The second-order valence-corrected chi connectivity index (χ2v) is 19.1. The Morgan fingerprint density at radius 1 is 0.968 bits per heavy atom. The lowest BCUT2D eigenvalue weighted by Crippen LogP contribution is -2.58. The third-order valence-electron chi connectivity index (χ3n) is 11.2. The molecule has 15 nitrogen and oxygen atoms in total. The highest BCUT2D eigenvalue weighted by Gasteiger charge is 2.62. The SMILES string of the molecule is COc1ccc2c(OC3C[C@H]4C(=O)N[C@]5(C(=O)NS(=O)(=O)C6CC6)C[C@H]5C=CCCCCC[C@H](NC(=O)OC(C)(C)C)C(=O)N4C3)nc(-c3ccc(OC(F)(F)F)cc3)cc2c1. The van der Waals surface area contributed by atoms with Crippen molar-refractivity contribution in [2.24, 2.45) is 5.92 Å². The molecular formula is C43H50F3N5O10S. The van der Waals surface area contributed by atoms with Gasteiger partial charge in [0.15, 0.2) is 0 Å². The van der Waals surface area contributed by atoms with Gasteiger partial charge in [-0.25, -0.2) is 18.2 Å². The third-order valence-corrected chi connectivity index (χ3v) is 13.0. The van der Waals surface area contributed by atoms with Crippen LogP contribution in [0.3, 0.4) is 0 Å². The average molecular weight is 886 g/mol. The molecule has 1 aromatic heterocycles. The van der Waals surface area contributed by atoms with Gasteiger partial charge in [-0.2, -0.15) is 0 Å². The lowest BCUT2D eigenvalue weighted by Gasteiger charge is -2.30. The number of sulfonamides is 1. The van der Waals surface area contributed by atoms with Crippen molar-refractivity contribution in [3.05, 3.63) is 60.7 Å². The van der Waals surface area contributed by atoms with Crippen molar-refractivity contribution < 1.29 is 59.7 Å². The second kappa shape index (κ2) is 17.3. The van der Waals surface area contributed by atoms with Gasteiger partial charge in [-0.3, -0.25) is 19.1 Å². The summed E-state index contributed by atoms with van der Waals surface area (Å²) in [6.07, 6.45) is 0.877. The van der Waals surface area contributed by atoms with E-state index in [-0.39, 0.29) is 31.7 Å². The summed E-state index contributed by atoms with van der Waals surface area (Å²) in [5, 5.41) is 5.98. The number of pyridine rings is 1. The maximum Gasteiger partial charge on any atom is 0.573 e. The Kier molecular flexibility index (Phi) is 12.4. The van der Waals surface area contributed by atoms with Crippen LogP contribution in [0.25, 0.3) is 22.0 Å². The molecule has 2 aromatic carbocycles. The topological polar surface area (TPSA) is 192 Å². The van der Waals surface area contributed by atoms with Gasteiger partial charge in [-0.1, -0.05) is 25.0 Å². The van der Waals surface area contributed by atoms with Crippen molar-refractivity contribution in [2.45, 2.75) is 119 Å². The Hall–Kier alpha value is -5.59. The molecule has 4 aliphatic rings. The summed E-state index contributed by atoms with van der Waals surface area (Å²) in [4.78, 5) is 62.2. The highest BCUT2D eigenvalue weighted by Crippen LogP contribution is 2.46. The third kappa shape index (κ3) is 10.5. The number of nitrogens with one attached hydrogen (secondary N) is 3. The van der Waals surface area contributed by atoms with Gasteiger partial charge in [0.1, 0.15) is 40.8 Å². The van der Waals surface area contributed by atoms with Gasteiger partial charge >= 0.3 is 12.5 Å². The van der Waals surface area contributed by atoms with Gasteiger partial charge < -0.3 is 34.5 Å². The molecule has 5 atom stereocenters. The van der Waals surface area contributed by atoms with Crippen LogP contribution in [0.15, 0.2) is 60.7 Å². The van der Waals surface area contributed by atoms with Crippen molar-refractivity contribution >= 4 is 44.6 Å². The number of hydrogen-bond donors (Lipinski definition) is 3. The predicted octanol–water partition coefficient (Wildman–Crippen LogP) is 6.05. The van der Waals surface area contributed by atoms with Crippen LogP contribution in [-0.2, 0) is 29.1 Å². The molecule has 334 valence electrons. The molecule has 2 aliphatic heterocycles. The Morgan fingerprint density at radius 2 is 1.69 bits per heavy atom. The highest BCUT2D eigenvalue weighted by atomic mass is 32.2. The van der Waals surface area contributed by atoms with E-state index in [1.165, 1.54) is 24.1 Å². The van der Waals surface area contributed by atoms with Crippen LogP contribution in [0, 0.1) is 5.92 Å². The number of rotatable bonds is 9. The number of carbonyl (C=O) groups is 4. The summed E-state index contributed by atoms with van der Waals surface area (Å²) in [6.45, 7) is 4.91. The number of carbonyl (C=O) groups excluding carboxylic acids is 4. The van der Waals surface area contributed by atoms with Crippen LogP contribution in [0.5, 0.6) is 17.4 Å². The molecule has 3 aromatic rings. The number of allylic oxidation sites excluding steroid dienone is 1. The molecule has 0 spiro atoms. The minimum absolute atomic E-state index is 0.0910. The van der Waals surface area contributed by atoms with Gasteiger partial charge in [0.25, 0.3) is 5.91 Å². The normalized spacial score (nSPS) is 24.7. The minimum Gasteiger partial charge on any atom is -0.497 e. The van der Waals surface area contributed by atoms with Crippen molar-refractivity contribution in [3.63, 3.8) is 0 Å². The van der Waals surface area contributed by atoms with Crippen LogP contribution < -0.4 is 29.6 Å². The highest BCUT2D eigenvalue weighted by molar-refractivity contribution is 7.91. The summed E-state index contributed by atoms with van der Waals surface area (Å²) in [6, 6.07) is 9.63. The van der Waals surface area contributed by atoms with E-state index in [0.29, 0.717) is 59.9 Å². The van der Waals surface area contributed by atoms with E-state index < -0.39 is 86.4 Å². The Balaban J connectivity index is 1.23. The van der Waals surface area contributed by atoms with Gasteiger partial charge in [-0.15, -0.1) is 13.2 Å². The zero-order valence-electron chi connectivity index (χ0n) is 34.8. The zero-order valence-corrected chi connectivity index (χ0v) is 35.6. The monoisotopic (exact) mass is 885 g/mol. The minimum atomic E-state index is -4.88. The van der Waals surface area contributed by atoms with Gasteiger partial charge in [0.05, 0.1) is 24.6 Å². The Morgan fingerprint density at radius 3 is 2.37 bits per heavy atom. The van der Waals surface area contributed by atoms with Crippen molar-refractivity contribution in [3.8, 4) is 28.6 Å². The predicted molar refractivity (Wildman–Crippen MR) is 219 cm³/mol. The van der Waals surface area contributed by atoms with Gasteiger partial charge in [0, 0.05) is 23.3 Å². The second-order valence-electron chi connectivity index (χ2n) is 17.2.